The van der Waals surface area contributed by atoms with Gasteiger partial charge in [0, 0.05) is 32.3 Å². The highest BCUT2D eigenvalue weighted by molar-refractivity contribution is 7.88. The molecular weight excluding hydrogens is 392 g/mol. The monoisotopic (exact) mass is 432 g/mol. The first kappa shape index (κ1) is 24.6. The number of amides is 1. The lowest BCUT2D eigenvalue weighted by atomic mass is 9.78. The van der Waals surface area contributed by atoms with Gasteiger partial charge in [0.15, 0.2) is 0 Å². The SMILES string of the molecule is COC[C@@]1(C)CCN(C(=O)CCOC[C@@]2(C)CCN(S(C)(=O)=O)C(C)C2)C(C)C1. The molecule has 0 aliphatic carbocycles. The highest BCUT2D eigenvalue weighted by Gasteiger charge is 2.38. The van der Waals surface area contributed by atoms with Gasteiger partial charge in [0.1, 0.15) is 0 Å². The Hall–Kier alpha value is -0.700. The van der Waals surface area contributed by atoms with Gasteiger partial charge in [-0.2, -0.15) is 4.31 Å². The minimum absolute atomic E-state index is 0.0235. The smallest absolute Gasteiger partial charge is 0.225 e. The van der Waals surface area contributed by atoms with Crippen molar-refractivity contribution in [1.82, 2.24) is 9.21 Å². The van der Waals surface area contributed by atoms with Crippen LogP contribution in [0.3, 0.4) is 0 Å². The van der Waals surface area contributed by atoms with Gasteiger partial charge in [0.25, 0.3) is 0 Å². The lowest BCUT2D eigenvalue weighted by molar-refractivity contribution is -0.138. The fraction of sp³-hybridized carbons (Fsp3) is 0.952. The number of rotatable bonds is 8. The summed E-state index contributed by atoms with van der Waals surface area (Å²) in [6, 6.07) is 0.194. The Morgan fingerprint density at radius 2 is 1.62 bits per heavy atom. The quantitative estimate of drug-likeness (QED) is 0.551. The fourth-order valence-corrected chi connectivity index (χ4v) is 6.30. The fourth-order valence-electron chi connectivity index (χ4n) is 5.15. The molecule has 2 saturated heterocycles. The Morgan fingerprint density at radius 1 is 1.03 bits per heavy atom. The van der Waals surface area contributed by atoms with E-state index in [0.717, 1.165) is 38.8 Å². The molecule has 0 saturated carbocycles. The molecule has 170 valence electrons. The van der Waals surface area contributed by atoms with Crippen LogP contribution in [0.4, 0.5) is 0 Å². The number of nitrogens with zero attached hydrogens (tertiary/aromatic N) is 2. The summed E-state index contributed by atoms with van der Waals surface area (Å²) in [6.07, 6.45) is 5.14. The third-order valence-electron chi connectivity index (χ3n) is 6.64. The second-order valence-corrected chi connectivity index (χ2v) is 11.9. The van der Waals surface area contributed by atoms with Crippen LogP contribution in [-0.4, -0.2) is 81.9 Å². The van der Waals surface area contributed by atoms with Crippen molar-refractivity contribution in [3.05, 3.63) is 0 Å². The van der Waals surface area contributed by atoms with Gasteiger partial charge in [-0.15, -0.1) is 0 Å². The second kappa shape index (κ2) is 9.62. The Bertz CT molecular complexity index is 670. The molecule has 8 heteroatoms. The lowest BCUT2D eigenvalue weighted by Crippen LogP contribution is -2.49. The zero-order valence-corrected chi connectivity index (χ0v) is 19.9. The van der Waals surface area contributed by atoms with E-state index in [1.54, 1.807) is 11.4 Å². The summed E-state index contributed by atoms with van der Waals surface area (Å²) in [4.78, 5) is 14.6. The summed E-state index contributed by atoms with van der Waals surface area (Å²) in [5, 5.41) is 0. The highest BCUT2D eigenvalue weighted by atomic mass is 32.2. The number of likely N-dealkylation sites (tertiary alicyclic amines) is 1. The second-order valence-electron chi connectivity index (χ2n) is 9.92. The number of hydrogen-bond donors (Lipinski definition) is 0. The number of carbonyl (C=O) groups is 1. The molecule has 0 N–H and O–H groups in total. The lowest BCUT2D eigenvalue weighted by Gasteiger charge is -2.43. The summed E-state index contributed by atoms with van der Waals surface area (Å²) in [5.41, 5.74) is 0.0948. The maximum Gasteiger partial charge on any atom is 0.225 e. The van der Waals surface area contributed by atoms with Gasteiger partial charge in [-0.3, -0.25) is 4.79 Å². The molecule has 2 aliphatic rings. The summed E-state index contributed by atoms with van der Waals surface area (Å²) in [6.45, 7) is 11.5. The van der Waals surface area contributed by atoms with Crippen LogP contribution in [0, 0.1) is 10.8 Å². The average Bonchev–Trinajstić information content (AvgIpc) is 2.57. The Balaban J connectivity index is 1.74. The molecule has 2 unspecified atom stereocenters. The molecule has 0 spiro atoms. The molecule has 7 nitrogen and oxygen atoms in total. The van der Waals surface area contributed by atoms with Crippen LogP contribution in [0.2, 0.25) is 0 Å². The number of methoxy groups -OCH3 is 1. The maximum absolute atomic E-state index is 12.7. The van der Waals surface area contributed by atoms with Crippen LogP contribution in [0.1, 0.15) is 59.8 Å². The largest absolute Gasteiger partial charge is 0.384 e. The molecule has 4 atom stereocenters. The molecule has 2 rings (SSSR count). The van der Waals surface area contributed by atoms with Crippen LogP contribution in [0.15, 0.2) is 0 Å². The zero-order chi connectivity index (χ0) is 21.9. The van der Waals surface area contributed by atoms with E-state index in [1.165, 1.54) is 6.26 Å². The first-order valence-electron chi connectivity index (χ1n) is 10.7. The Morgan fingerprint density at radius 3 is 2.17 bits per heavy atom. The highest BCUT2D eigenvalue weighted by Crippen LogP contribution is 2.36. The molecule has 0 aromatic rings. The van der Waals surface area contributed by atoms with Crippen molar-refractivity contribution in [1.29, 1.82) is 0 Å². The predicted molar refractivity (Wildman–Crippen MR) is 114 cm³/mol. The van der Waals surface area contributed by atoms with Crippen LogP contribution in [-0.2, 0) is 24.3 Å². The van der Waals surface area contributed by atoms with E-state index in [1.807, 2.05) is 11.8 Å². The van der Waals surface area contributed by atoms with Crippen LogP contribution in [0.25, 0.3) is 0 Å². The van der Waals surface area contributed by atoms with E-state index in [0.29, 0.717) is 26.2 Å². The minimum atomic E-state index is -3.16. The maximum atomic E-state index is 12.7. The van der Waals surface area contributed by atoms with Crippen LogP contribution < -0.4 is 0 Å². The number of hydrogen-bond acceptors (Lipinski definition) is 5. The summed E-state index contributed by atoms with van der Waals surface area (Å²) < 4.78 is 36.5. The summed E-state index contributed by atoms with van der Waals surface area (Å²) in [5.74, 6) is 0.155. The summed E-state index contributed by atoms with van der Waals surface area (Å²) >= 11 is 0. The van der Waals surface area contributed by atoms with Crippen molar-refractivity contribution >= 4 is 15.9 Å². The topological polar surface area (TPSA) is 76.2 Å². The minimum Gasteiger partial charge on any atom is -0.384 e. The van der Waals surface area contributed by atoms with E-state index in [2.05, 4.69) is 20.8 Å². The molecule has 2 aliphatic heterocycles. The first-order chi connectivity index (χ1) is 13.4. The molecule has 2 fully saturated rings. The van der Waals surface area contributed by atoms with E-state index < -0.39 is 10.0 Å². The number of ether oxygens (including phenoxy) is 2. The van der Waals surface area contributed by atoms with Crippen molar-refractivity contribution in [2.24, 2.45) is 10.8 Å². The zero-order valence-electron chi connectivity index (χ0n) is 19.1. The third kappa shape index (κ3) is 6.64. The van der Waals surface area contributed by atoms with Crippen LogP contribution >= 0.6 is 0 Å². The molecule has 1 amide bonds. The summed E-state index contributed by atoms with van der Waals surface area (Å²) in [7, 11) is -1.42. The molecule has 2 heterocycles. The Kier molecular flexibility index (Phi) is 8.15. The molecule has 0 radical (unpaired) electrons. The molecule has 0 bridgehead atoms. The van der Waals surface area contributed by atoms with E-state index in [9.17, 15) is 13.2 Å². The average molecular weight is 433 g/mol. The number of piperidine rings is 2. The molecule has 0 aromatic heterocycles. The predicted octanol–water partition coefficient (Wildman–Crippen LogP) is 2.51. The van der Waals surface area contributed by atoms with Crippen molar-refractivity contribution in [2.45, 2.75) is 71.9 Å². The number of sulfonamides is 1. The molecule has 0 aromatic carbocycles. The van der Waals surface area contributed by atoms with Gasteiger partial charge < -0.3 is 14.4 Å². The van der Waals surface area contributed by atoms with Crippen LogP contribution in [0.5, 0.6) is 0 Å². The first-order valence-corrected chi connectivity index (χ1v) is 12.6. The van der Waals surface area contributed by atoms with Gasteiger partial charge in [-0.05, 0) is 50.4 Å². The van der Waals surface area contributed by atoms with Gasteiger partial charge in [0.05, 0.1) is 32.5 Å². The van der Waals surface area contributed by atoms with Gasteiger partial charge in [-0.1, -0.05) is 13.8 Å². The van der Waals surface area contributed by atoms with E-state index in [-0.39, 0.29) is 28.8 Å². The normalized spacial score (nSPS) is 34.3. The van der Waals surface area contributed by atoms with Crippen molar-refractivity contribution in [3.8, 4) is 0 Å². The van der Waals surface area contributed by atoms with Crippen molar-refractivity contribution < 1.29 is 22.7 Å². The van der Waals surface area contributed by atoms with Gasteiger partial charge >= 0.3 is 0 Å². The molecule has 29 heavy (non-hydrogen) atoms. The molecular formula is C21H40N2O5S. The number of carbonyl (C=O) groups excluding carboxylic acids is 1. The van der Waals surface area contributed by atoms with E-state index in [4.69, 9.17) is 9.47 Å². The van der Waals surface area contributed by atoms with E-state index >= 15 is 0 Å². The standard InChI is InChI=1S/C21H40N2O5S/c1-17-13-20(3,15-27-5)8-10-22(17)19(24)7-12-28-16-21(4)9-11-23(18(2)14-21)29(6,25)26/h17-18H,7-16H2,1-6H3/t17?,18?,20-,21-/m0/s1. The van der Waals surface area contributed by atoms with Gasteiger partial charge in [0.2, 0.25) is 15.9 Å². The Labute approximate surface area is 177 Å². The van der Waals surface area contributed by atoms with Crippen molar-refractivity contribution in [3.63, 3.8) is 0 Å². The third-order valence-corrected chi connectivity index (χ3v) is 8.04. The van der Waals surface area contributed by atoms with Gasteiger partial charge in [-0.25, -0.2) is 8.42 Å². The van der Waals surface area contributed by atoms with Crippen molar-refractivity contribution in [2.75, 3.05) is 46.3 Å².